The van der Waals surface area contributed by atoms with E-state index in [4.69, 9.17) is 16.3 Å². The number of rotatable bonds is 5. The van der Waals surface area contributed by atoms with E-state index in [0.29, 0.717) is 16.5 Å². The van der Waals surface area contributed by atoms with Crippen molar-refractivity contribution in [2.24, 2.45) is 0 Å². The van der Waals surface area contributed by atoms with Gasteiger partial charge in [-0.25, -0.2) is 0 Å². The van der Waals surface area contributed by atoms with Gasteiger partial charge in [-0.2, -0.15) is 5.26 Å². The van der Waals surface area contributed by atoms with Gasteiger partial charge in [0, 0.05) is 26.6 Å². The number of nitrogens with zero attached hydrogens (tertiary/aromatic N) is 2. The lowest BCUT2D eigenvalue weighted by atomic mass is 10.1. The molecule has 0 aliphatic rings. The fourth-order valence-corrected chi connectivity index (χ4v) is 3.61. The number of nitrogens with one attached hydrogen (secondary N) is 1. The molecule has 0 aliphatic heterocycles. The molecule has 0 saturated carbocycles. The minimum absolute atomic E-state index is 0.0104. The van der Waals surface area contributed by atoms with Crippen LogP contribution in [0.5, 0.6) is 5.75 Å². The molecule has 2 aromatic carbocycles. The monoisotopic (exact) mass is 483 g/mol. The highest BCUT2D eigenvalue weighted by molar-refractivity contribution is 9.10. The smallest absolute Gasteiger partial charge is 0.266 e. The van der Waals surface area contributed by atoms with Gasteiger partial charge in [-0.05, 0) is 74.0 Å². The van der Waals surface area contributed by atoms with Crippen LogP contribution in [0.25, 0.3) is 11.8 Å². The maximum Gasteiger partial charge on any atom is 0.266 e. The van der Waals surface area contributed by atoms with Crippen LogP contribution >= 0.6 is 27.5 Å². The Bertz CT molecular complexity index is 1170. The summed E-state index contributed by atoms with van der Waals surface area (Å²) in [6.45, 7) is 3.86. The lowest BCUT2D eigenvalue weighted by molar-refractivity contribution is -0.112. The lowest BCUT2D eigenvalue weighted by Gasteiger charge is -2.14. The van der Waals surface area contributed by atoms with Crippen LogP contribution in [0.2, 0.25) is 5.02 Å². The number of aromatic nitrogens is 1. The fourth-order valence-electron chi connectivity index (χ4n) is 3.18. The van der Waals surface area contributed by atoms with Gasteiger partial charge in [0.15, 0.2) is 0 Å². The van der Waals surface area contributed by atoms with Crippen molar-refractivity contribution >= 4 is 45.2 Å². The van der Waals surface area contributed by atoms with Crippen molar-refractivity contribution in [3.05, 3.63) is 80.6 Å². The zero-order chi connectivity index (χ0) is 21.8. The average Bonchev–Trinajstić information content (AvgIpc) is 3.00. The van der Waals surface area contributed by atoms with E-state index >= 15 is 0 Å². The van der Waals surface area contributed by atoms with Crippen molar-refractivity contribution in [3.63, 3.8) is 0 Å². The van der Waals surface area contributed by atoms with Gasteiger partial charge in [-0.1, -0.05) is 27.5 Å². The second-order valence-corrected chi connectivity index (χ2v) is 7.96. The first-order chi connectivity index (χ1) is 14.3. The van der Waals surface area contributed by atoms with E-state index in [9.17, 15) is 10.1 Å². The number of aryl methyl sites for hydroxylation is 1. The molecule has 1 N–H and O–H groups in total. The van der Waals surface area contributed by atoms with Gasteiger partial charge in [0.2, 0.25) is 0 Å². The van der Waals surface area contributed by atoms with Crippen LogP contribution in [0.15, 0.2) is 58.6 Å². The van der Waals surface area contributed by atoms with E-state index in [1.54, 1.807) is 37.5 Å². The average molecular weight is 485 g/mol. The number of halogens is 2. The highest BCUT2D eigenvalue weighted by atomic mass is 79.9. The third-order valence-corrected chi connectivity index (χ3v) is 5.38. The maximum atomic E-state index is 12.6. The number of ether oxygens (including phenoxy) is 1. The molecule has 1 amide bonds. The molecule has 0 atom stereocenters. The Morgan fingerprint density at radius 3 is 2.53 bits per heavy atom. The largest absolute Gasteiger partial charge is 0.495 e. The van der Waals surface area contributed by atoms with Crippen LogP contribution in [-0.4, -0.2) is 17.6 Å². The van der Waals surface area contributed by atoms with Gasteiger partial charge in [-0.3, -0.25) is 4.79 Å². The first kappa shape index (κ1) is 21.7. The molecule has 5 nitrogen and oxygen atoms in total. The molecule has 0 aliphatic carbocycles. The van der Waals surface area contributed by atoms with E-state index in [1.807, 2.05) is 48.7 Å². The predicted octanol–water partition coefficient (Wildman–Crippen LogP) is 6.06. The second kappa shape index (κ2) is 9.21. The summed E-state index contributed by atoms with van der Waals surface area (Å²) in [5.74, 6) is 0.204. The highest BCUT2D eigenvalue weighted by Gasteiger charge is 2.16. The van der Waals surface area contributed by atoms with Crippen molar-refractivity contribution in [2.45, 2.75) is 13.8 Å². The van der Waals surface area contributed by atoms with Crippen molar-refractivity contribution in [1.29, 1.82) is 5.26 Å². The number of benzene rings is 2. The van der Waals surface area contributed by atoms with Crippen LogP contribution in [0.1, 0.15) is 17.0 Å². The van der Waals surface area contributed by atoms with Crippen LogP contribution in [0, 0.1) is 25.2 Å². The topological polar surface area (TPSA) is 67.0 Å². The first-order valence-corrected chi connectivity index (χ1v) is 10.2. The van der Waals surface area contributed by atoms with Crippen molar-refractivity contribution in [3.8, 4) is 17.5 Å². The van der Waals surface area contributed by atoms with Gasteiger partial charge < -0.3 is 14.6 Å². The van der Waals surface area contributed by atoms with Crippen LogP contribution in [0.3, 0.4) is 0 Å². The van der Waals surface area contributed by atoms with E-state index in [2.05, 4.69) is 21.2 Å². The van der Waals surface area contributed by atoms with E-state index in [-0.39, 0.29) is 5.57 Å². The van der Waals surface area contributed by atoms with Crippen molar-refractivity contribution in [2.75, 3.05) is 12.4 Å². The number of amides is 1. The third-order valence-electron chi connectivity index (χ3n) is 4.62. The number of anilines is 1. The normalized spacial score (nSPS) is 11.1. The molecule has 0 fully saturated rings. The molecule has 152 valence electrons. The minimum Gasteiger partial charge on any atom is -0.495 e. The number of hydrogen-bond acceptors (Lipinski definition) is 3. The summed E-state index contributed by atoms with van der Waals surface area (Å²) < 4.78 is 8.36. The Labute approximate surface area is 188 Å². The summed E-state index contributed by atoms with van der Waals surface area (Å²) in [4.78, 5) is 12.6. The predicted molar refractivity (Wildman–Crippen MR) is 123 cm³/mol. The third kappa shape index (κ3) is 4.59. The molecule has 1 heterocycles. The SMILES string of the molecule is COc1ccc(Cl)cc1-n1c(C)cc(/C=C(/C#N)C(=O)Nc2ccc(Br)cc2)c1C. The molecule has 3 rings (SSSR count). The first-order valence-electron chi connectivity index (χ1n) is 9.05. The molecule has 0 unspecified atom stereocenters. The summed E-state index contributed by atoms with van der Waals surface area (Å²) >= 11 is 9.54. The zero-order valence-corrected chi connectivity index (χ0v) is 19.0. The maximum absolute atomic E-state index is 12.6. The van der Waals surface area contributed by atoms with Crippen LogP contribution in [0.4, 0.5) is 5.69 Å². The summed E-state index contributed by atoms with van der Waals surface area (Å²) in [6, 6.07) is 16.4. The summed E-state index contributed by atoms with van der Waals surface area (Å²) in [6.07, 6.45) is 1.59. The number of hydrogen-bond donors (Lipinski definition) is 1. The molecule has 1 aromatic heterocycles. The molecular formula is C23H19BrClN3O2. The molecule has 3 aromatic rings. The van der Waals surface area contributed by atoms with Gasteiger partial charge in [0.1, 0.15) is 17.4 Å². The zero-order valence-electron chi connectivity index (χ0n) is 16.7. The molecule has 0 spiro atoms. The number of carbonyl (C=O) groups excluding carboxylic acids is 1. The number of nitriles is 1. The van der Waals surface area contributed by atoms with Gasteiger partial charge in [0.25, 0.3) is 5.91 Å². The molecule has 30 heavy (non-hydrogen) atoms. The Balaban J connectivity index is 1.98. The molecule has 0 saturated heterocycles. The minimum atomic E-state index is -0.468. The van der Waals surface area contributed by atoms with E-state index < -0.39 is 5.91 Å². The summed E-state index contributed by atoms with van der Waals surface area (Å²) in [5.41, 5.74) is 3.95. The molecular weight excluding hydrogens is 466 g/mol. The Morgan fingerprint density at radius 1 is 1.20 bits per heavy atom. The molecule has 0 bridgehead atoms. The van der Waals surface area contributed by atoms with Crippen molar-refractivity contribution < 1.29 is 9.53 Å². The Morgan fingerprint density at radius 2 is 1.90 bits per heavy atom. The second-order valence-electron chi connectivity index (χ2n) is 6.61. The van der Waals surface area contributed by atoms with Gasteiger partial charge >= 0.3 is 0 Å². The summed E-state index contributed by atoms with van der Waals surface area (Å²) in [7, 11) is 1.60. The fraction of sp³-hybridized carbons (Fsp3) is 0.130. The standard InChI is InChI=1S/C23H19BrClN3O2/c1-14-10-16(15(2)28(14)21-12-19(25)6-9-22(21)30-3)11-17(13-26)23(29)27-20-7-4-18(24)5-8-20/h4-12H,1-3H3,(H,27,29)/b17-11-. The highest BCUT2D eigenvalue weighted by Crippen LogP contribution is 2.31. The van der Waals surface area contributed by atoms with Crippen LogP contribution < -0.4 is 10.1 Å². The quantitative estimate of drug-likeness (QED) is 0.353. The van der Waals surface area contributed by atoms with E-state index in [0.717, 1.165) is 27.1 Å². The Hall–Kier alpha value is -3.01. The summed E-state index contributed by atoms with van der Waals surface area (Å²) in [5, 5.41) is 12.9. The van der Waals surface area contributed by atoms with Gasteiger partial charge in [0.05, 0.1) is 12.8 Å². The number of carbonyl (C=O) groups is 1. The Kier molecular flexibility index (Phi) is 6.66. The van der Waals surface area contributed by atoms with Crippen LogP contribution in [-0.2, 0) is 4.79 Å². The molecule has 7 heteroatoms. The lowest BCUT2D eigenvalue weighted by Crippen LogP contribution is -2.13. The van der Waals surface area contributed by atoms with Gasteiger partial charge in [-0.15, -0.1) is 0 Å². The van der Waals surface area contributed by atoms with Crippen molar-refractivity contribution in [1.82, 2.24) is 4.57 Å². The number of methoxy groups -OCH3 is 1. The molecule has 0 radical (unpaired) electrons. The van der Waals surface area contributed by atoms with E-state index in [1.165, 1.54) is 0 Å².